The molecule has 3 heterocycles. The fourth-order valence-electron chi connectivity index (χ4n) is 5.38. The van der Waals surface area contributed by atoms with Crippen LogP contribution in [-0.4, -0.2) is 58.6 Å². The van der Waals surface area contributed by atoms with Gasteiger partial charge in [0.2, 0.25) is 0 Å². The number of rotatable bonds is 5. The van der Waals surface area contributed by atoms with Gasteiger partial charge < -0.3 is 15.9 Å². The van der Waals surface area contributed by atoms with Crippen LogP contribution in [0.5, 0.6) is 0 Å². The van der Waals surface area contributed by atoms with Crippen molar-refractivity contribution in [3.63, 3.8) is 0 Å². The molecule has 1 aliphatic heterocycles. The molecule has 37 heavy (non-hydrogen) atoms. The molecule has 3 aromatic rings. The smallest absolute Gasteiger partial charge is 0.398 e. The van der Waals surface area contributed by atoms with Gasteiger partial charge in [-0.1, -0.05) is 6.58 Å². The van der Waals surface area contributed by atoms with Crippen molar-refractivity contribution >= 4 is 28.5 Å². The van der Waals surface area contributed by atoms with Gasteiger partial charge in [0.25, 0.3) is 0 Å². The van der Waals surface area contributed by atoms with E-state index in [-0.39, 0.29) is 28.5 Å². The maximum Gasteiger partial charge on any atom is 0.418 e. The summed E-state index contributed by atoms with van der Waals surface area (Å²) in [6.07, 6.45) is -0.263. The molecule has 2 aromatic heterocycles. The Bertz CT molecular complexity index is 1370. The summed E-state index contributed by atoms with van der Waals surface area (Å²) >= 11 is 0. The Morgan fingerprint density at radius 3 is 2.65 bits per heavy atom. The van der Waals surface area contributed by atoms with Gasteiger partial charge in [-0.3, -0.25) is 20.6 Å². The molecule has 194 valence electrons. The molecule has 1 saturated heterocycles. The number of hydrogen-bond acceptors (Lipinski definition) is 8. The molecule has 0 bridgehead atoms. The first-order valence-electron chi connectivity index (χ1n) is 12.0. The van der Waals surface area contributed by atoms with E-state index in [2.05, 4.69) is 21.4 Å². The highest BCUT2D eigenvalue weighted by molar-refractivity contribution is 6.07. The van der Waals surface area contributed by atoms with Gasteiger partial charge in [0.15, 0.2) is 0 Å². The van der Waals surface area contributed by atoms with Crippen LogP contribution < -0.4 is 11.2 Å². The van der Waals surface area contributed by atoms with E-state index in [0.29, 0.717) is 48.4 Å². The van der Waals surface area contributed by atoms with Crippen LogP contribution in [0.1, 0.15) is 34.4 Å². The second-order valence-electron chi connectivity index (χ2n) is 9.28. The van der Waals surface area contributed by atoms with Crippen LogP contribution in [0, 0.1) is 5.41 Å². The highest BCUT2D eigenvalue weighted by Crippen LogP contribution is 2.43. The van der Waals surface area contributed by atoms with Crippen molar-refractivity contribution in [3.8, 4) is 11.3 Å². The SMILES string of the molecule is C=C(NO)c1ccc(-c2nc3c(C(F)(F)F)cc(N)c(C=N)c3c3c2CC(N2CCOCC2)CC3)cn1. The molecule has 1 atom stereocenters. The number of aromatic nitrogens is 2. The number of fused-ring (bicyclic) bond motifs is 3. The minimum atomic E-state index is -4.68. The predicted octanol–water partition coefficient (Wildman–Crippen LogP) is 4.03. The number of aryl methyl sites for hydroxylation is 1. The molecule has 2 aliphatic rings. The molecule has 5 rings (SSSR count). The minimum Gasteiger partial charge on any atom is -0.398 e. The topological polar surface area (TPSA) is 120 Å². The second kappa shape index (κ2) is 9.73. The van der Waals surface area contributed by atoms with Crippen molar-refractivity contribution in [1.82, 2.24) is 20.3 Å². The number of nitrogens with two attached hydrogens (primary N) is 1. The summed E-state index contributed by atoms with van der Waals surface area (Å²) in [6.45, 7) is 6.54. The van der Waals surface area contributed by atoms with Gasteiger partial charge in [0.1, 0.15) is 0 Å². The molecular weight excluding hydrogens is 485 g/mol. The Labute approximate surface area is 211 Å². The van der Waals surface area contributed by atoms with E-state index in [9.17, 15) is 13.2 Å². The summed E-state index contributed by atoms with van der Waals surface area (Å²) in [5, 5.41) is 17.4. The number of nitrogens with zero attached hydrogens (tertiary/aromatic N) is 3. The Morgan fingerprint density at radius 1 is 1.27 bits per heavy atom. The molecule has 5 N–H and O–H groups in total. The molecule has 0 saturated carbocycles. The number of halogens is 3. The fraction of sp³-hybridized carbons (Fsp3) is 0.346. The van der Waals surface area contributed by atoms with Gasteiger partial charge in [-0.25, -0.2) is 4.98 Å². The summed E-state index contributed by atoms with van der Waals surface area (Å²) in [6, 6.07) is 4.38. The second-order valence-corrected chi connectivity index (χ2v) is 9.28. The molecule has 0 spiro atoms. The van der Waals surface area contributed by atoms with Crippen LogP contribution in [-0.2, 0) is 23.8 Å². The lowest BCUT2D eigenvalue weighted by molar-refractivity contribution is -0.136. The quantitative estimate of drug-likeness (QED) is 0.231. The third-order valence-corrected chi connectivity index (χ3v) is 7.21. The number of benzene rings is 1. The number of alkyl halides is 3. The van der Waals surface area contributed by atoms with Crippen LogP contribution in [0.2, 0.25) is 0 Å². The van der Waals surface area contributed by atoms with Crippen molar-refractivity contribution in [2.45, 2.75) is 31.5 Å². The zero-order chi connectivity index (χ0) is 26.3. The van der Waals surface area contributed by atoms with Crippen molar-refractivity contribution in [3.05, 3.63) is 58.9 Å². The van der Waals surface area contributed by atoms with Crippen LogP contribution >= 0.6 is 0 Å². The molecule has 1 aromatic carbocycles. The maximum atomic E-state index is 14.2. The van der Waals surface area contributed by atoms with Crippen molar-refractivity contribution in [2.75, 3.05) is 32.0 Å². The zero-order valence-electron chi connectivity index (χ0n) is 20.0. The number of pyridine rings is 2. The molecule has 0 radical (unpaired) electrons. The molecule has 1 fully saturated rings. The average molecular weight is 513 g/mol. The Hall–Kier alpha value is -3.54. The van der Waals surface area contributed by atoms with Crippen LogP contribution in [0.4, 0.5) is 18.9 Å². The maximum absolute atomic E-state index is 14.2. The summed E-state index contributed by atoms with van der Waals surface area (Å²) in [7, 11) is 0. The van der Waals surface area contributed by atoms with Crippen LogP contribution in [0.25, 0.3) is 27.9 Å². The lowest BCUT2D eigenvalue weighted by atomic mass is 9.81. The summed E-state index contributed by atoms with van der Waals surface area (Å²) in [5.41, 5.74) is 10.1. The van der Waals surface area contributed by atoms with E-state index in [0.717, 1.165) is 42.9 Å². The molecule has 1 unspecified atom stereocenters. The molecule has 1 aliphatic carbocycles. The molecule has 8 nitrogen and oxygen atoms in total. The first kappa shape index (κ1) is 25.1. The van der Waals surface area contributed by atoms with E-state index >= 15 is 0 Å². The van der Waals surface area contributed by atoms with Gasteiger partial charge >= 0.3 is 6.18 Å². The van der Waals surface area contributed by atoms with Crippen LogP contribution in [0.3, 0.4) is 0 Å². The summed E-state index contributed by atoms with van der Waals surface area (Å²) in [5.74, 6) is 0. The van der Waals surface area contributed by atoms with E-state index in [1.165, 1.54) is 6.20 Å². The van der Waals surface area contributed by atoms with Gasteiger partial charge in [0, 0.05) is 53.7 Å². The fourth-order valence-corrected chi connectivity index (χ4v) is 5.38. The lowest BCUT2D eigenvalue weighted by Gasteiger charge is -2.38. The highest BCUT2D eigenvalue weighted by Gasteiger charge is 2.37. The minimum absolute atomic E-state index is 0.0945. The zero-order valence-corrected chi connectivity index (χ0v) is 20.0. The van der Waals surface area contributed by atoms with Crippen LogP contribution in [0.15, 0.2) is 31.0 Å². The van der Waals surface area contributed by atoms with E-state index in [1.807, 2.05) is 5.48 Å². The number of hydrogen-bond donors (Lipinski definition) is 4. The van der Waals surface area contributed by atoms with Crippen molar-refractivity contribution < 1.29 is 23.1 Å². The van der Waals surface area contributed by atoms with E-state index < -0.39 is 11.7 Å². The predicted molar refractivity (Wildman–Crippen MR) is 134 cm³/mol. The number of ether oxygens (including phenoxy) is 1. The monoisotopic (exact) mass is 512 g/mol. The summed E-state index contributed by atoms with van der Waals surface area (Å²) < 4.78 is 48.0. The largest absolute Gasteiger partial charge is 0.418 e. The van der Waals surface area contributed by atoms with Crippen molar-refractivity contribution in [1.29, 1.82) is 5.41 Å². The highest BCUT2D eigenvalue weighted by atomic mass is 19.4. The van der Waals surface area contributed by atoms with Gasteiger partial charge in [-0.15, -0.1) is 0 Å². The number of hydroxylamine groups is 1. The van der Waals surface area contributed by atoms with Crippen molar-refractivity contribution in [2.24, 2.45) is 0 Å². The van der Waals surface area contributed by atoms with Gasteiger partial charge in [-0.05, 0) is 48.6 Å². The first-order valence-corrected chi connectivity index (χ1v) is 12.0. The van der Waals surface area contributed by atoms with E-state index in [1.54, 1.807) is 12.1 Å². The molecule has 11 heteroatoms. The van der Waals surface area contributed by atoms with Gasteiger partial charge in [-0.2, -0.15) is 13.2 Å². The third kappa shape index (κ3) is 4.54. The van der Waals surface area contributed by atoms with Gasteiger partial charge in [0.05, 0.1) is 41.4 Å². The number of nitrogen functional groups attached to an aromatic ring is 1. The number of morpholine rings is 1. The molecule has 0 amide bonds. The number of nitrogens with one attached hydrogen (secondary N) is 2. The first-order chi connectivity index (χ1) is 17.7. The Morgan fingerprint density at radius 2 is 2.03 bits per heavy atom. The number of anilines is 1. The third-order valence-electron chi connectivity index (χ3n) is 7.21. The summed E-state index contributed by atoms with van der Waals surface area (Å²) in [4.78, 5) is 11.3. The Balaban J connectivity index is 1.76. The standard InChI is InChI=1S/C26H27F3N6O2/c1-14(34-36)22-5-2-15(13-32-22)24-18-10-16(35-6-8-37-9-7-35)3-4-17(18)23-19(12-30)21(31)11-20(25(23)33-24)26(27,28)29/h2,5,11-13,16,30,34,36H,1,3-4,6-10,31H2. The average Bonchev–Trinajstić information content (AvgIpc) is 2.91. The Kier molecular flexibility index (Phi) is 6.61. The normalized spacial score (nSPS) is 18.4. The lowest BCUT2D eigenvalue weighted by Crippen LogP contribution is -2.46. The van der Waals surface area contributed by atoms with E-state index in [4.69, 9.17) is 21.1 Å². The molecular formula is C26H27F3N6O2.